The number of aliphatic carboxylic acids is 1. The molecule has 0 saturated carbocycles. The molecule has 1 aromatic carbocycles. The van der Waals surface area contributed by atoms with Crippen molar-refractivity contribution in [1.82, 2.24) is 9.21 Å². The fourth-order valence-electron chi connectivity index (χ4n) is 3.43. The molecule has 9 heteroatoms. The highest BCUT2D eigenvalue weighted by atomic mass is 35.5. The first-order valence-corrected chi connectivity index (χ1v) is 10.0. The molecule has 0 bridgehead atoms. The van der Waals surface area contributed by atoms with Gasteiger partial charge >= 0.3 is 5.97 Å². The molecule has 136 valence electrons. The molecule has 2 heterocycles. The summed E-state index contributed by atoms with van der Waals surface area (Å²) in [5.74, 6) is -2.32. The molecule has 3 rings (SSSR count). The Kier molecular flexibility index (Phi) is 5.04. The van der Waals surface area contributed by atoms with Gasteiger partial charge in [-0.3, -0.25) is 9.59 Å². The second-order valence-corrected chi connectivity index (χ2v) is 8.93. The van der Waals surface area contributed by atoms with Crippen LogP contribution in [-0.2, 0) is 19.6 Å². The summed E-state index contributed by atoms with van der Waals surface area (Å²) in [5.41, 5.74) is 0.806. The maximum Gasteiger partial charge on any atom is 0.308 e. The molecule has 0 unspecified atom stereocenters. The molecule has 1 amide bonds. The summed E-state index contributed by atoms with van der Waals surface area (Å²) in [4.78, 5) is 25.5. The average molecular weight is 387 g/mol. The van der Waals surface area contributed by atoms with Gasteiger partial charge in [0.2, 0.25) is 15.9 Å². The van der Waals surface area contributed by atoms with E-state index in [2.05, 4.69) is 0 Å². The lowest BCUT2D eigenvalue weighted by molar-refractivity contribution is -0.141. The lowest BCUT2D eigenvalue weighted by Gasteiger charge is -2.20. The lowest BCUT2D eigenvalue weighted by atomic mass is 9.89. The van der Waals surface area contributed by atoms with Crippen molar-refractivity contribution in [2.75, 3.05) is 31.9 Å². The molecule has 0 aliphatic carbocycles. The SMILES string of the molecule is O=C(O)[C@@H]1CN(C(=O)CN2CCCS2(=O)=O)C[C@H]1c1ccc(Cl)cc1. The predicted molar refractivity (Wildman–Crippen MR) is 91.9 cm³/mol. The molecule has 7 nitrogen and oxygen atoms in total. The molecule has 1 N–H and O–H groups in total. The number of likely N-dealkylation sites (tertiary alicyclic amines) is 1. The highest BCUT2D eigenvalue weighted by molar-refractivity contribution is 7.89. The smallest absolute Gasteiger partial charge is 0.308 e. The molecule has 0 radical (unpaired) electrons. The van der Waals surface area contributed by atoms with Gasteiger partial charge in [0.25, 0.3) is 0 Å². The van der Waals surface area contributed by atoms with Crippen molar-refractivity contribution < 1.29 is 23.1 Å². The Morgan fingerprint density at radius 3 is 2.44 bits per heavy atom. The fourth-order valence-corrected chi connectivity index (χ4v) is 5.02. The van der Waals surface area contributed by atoms with Gasteiger partial charge < -0.3 is 10.0 Å². The van der Waals surface area contributed by atoms with Gasteiger partial charge in [-0.05, 0) is 24.1 Å². The van der Waals surface area contributed by atoms with Gasteiger partial charge in [-0.25, -0.2) is 8.42 Å². The molecular weight excluding hydrogens is 368 g/mol. The van der Waals surface area contributed by atoms with E-state index in [0.717, 1.165) is 5.56 Å². The topological polar surface area (TPSA) is 95.0 Å². The van der Waals surface area contributed by atoms with Crippen molar-refractivity contribution in [3.05, 3.63) is 34.9 Å². The molecule has 2 aliphatic heterocycles. The van der Waals surface area contributed by atoms with Crippen molar-refractivity contribution in [2.45, 2.75) is 12.3 Å². The van der Waals surface area contributed by atoms with Gasteiger partial charge in [0.15, 0.2) is 0 Å². The summed E-state index contributed by atoms with van der Waals surface area (Å²) in [6.07, 6.45) is 0.515. The highest BCUT2D eigenvalue weighted by Crippen LogP contribution is 2.33. The van der Waals surface area contributed by atoms with E-state index < -0.39 is 21.9 Å². The highest BCUT2D eigenvalue weighted by Gasteiger charge is 2.41. The minimum atomic E-state index is -3.36. The van der Waals surface area contributed by atoms with Crippen LogP contribution in [0.1, 0.15) is 17.9 Å². The number of hydrogen-bond acceptors (Lipinski definition) is 4. The number of benzene rings is 1. The predicted octanol–water partition coefficient (Wildman–Crippen LogP) is 1.00. The molecule has 1 aromatic rings. The second-order valence-electron chi connectivity index (χ2n) is 6.40. The first kappa shape index (κ1) is 18.2. The van der Waals surface area contributed by atoms with E-state index in [1.807, 2.05) is 0 Å². The van der Waals surface area contributed by atoms with E-state index in [4.69, 9.17) is 11.6 Å². The van der Waals surface area contributed by atoms with Crippen molar-refractivity contribution in [3.63, 3.8) is 0 Å². The third kappa shape index (κ3) is 3.80. The first-order valence-electron chi connectivity index (χ1n) is 8.02. The monoisotopic (exact) mass is 386 g/mol. The minimum Gasteiger partial charge on any atom is -0.481 e. The number of carboxylic acids is 1. The van der Waals surface area contributed by atoms with Gasteiger partial charge in [-0.2, -0.15) is 4.31 Å². The van der Waals surface area contributed by atoms with Crippen molar-refractivity contribution in [3.8, 4) is 0 Å². The van der Waals surface area contributed by atoms with Crippen LogP contribution in [0.3, 0.4) is 0 Å². The Hall–Kier alpha value is -1.64. The second kappa shape index (κ2) is 6.93. The van der Waals surface area contributed by atoms with E-state index in [1.54, 1.807) is 24.3 Å². The van der Waals surface area contributed by atoms with Crippen LogP contribution in [0.4, 0.5) is 0 Å². The van der Waals surface area contributed by atoms with E-state index in [0.29, 0.717) is 18.0 Å². The van der Waals surface area contributed by atoms with E-state index in [1.165, 1.54) is 9.21 Å². The van der Waals surface area contributed by atoms with E-state index in [-0.39, 0.29) is 37.2 Å². The van der Waals surface area contributed by atoms with Gasteiger partial charge in [-0.1, -0.05) is 23.7 Å². The Bertz CT molecular complexity index is 780. The molecule has 0 aromatic heterocycles. The van der Waals surface area contributed by atoms with Crippen LogP contribution in [0.25, 0.3) is 0 Å². The van der Waals surface area contributed by atoms with Crippen molar-refractivity contribution in [2.24, 2.45) is 5.92 Å². The van der Waals surface area contributed by atoms with Gasteiger partial charge in [0, 0.05) is 30.6 Å². The zero-order chi connectivity index (χ0) is 18.2. The number of hydrogen-bond donors (Lipinski definition) is 1. The molecule has 25 heavy (non-hydrogen) atoms. The normalized spacial score (nSPS) is 26.0. The van der Waals surface area contributed by atoms with Gasteiger partial charge in [0.05, 0.1) is 18.2 Å². The van der Waals surface area contributed by atoms with Crippen LogP contribution < -0.4 is 0 Å². The largest absolute Gasteiger partial charge is 0.481 e. The number of nitrogens with zero attached hydrogens (tertiary/aromatic N) is 2. The quantitative estimate of drug-likeness (QED) is 0.833. The Balaban J connectivity index is 1.74. The van der Waals surface area contributed by atoms with Crippen LogP contribution in [0.2, 0.25) is 5.02 Å². The number of sulfonamides is 1. The van der Waals surface area contributed by atoms with Crippen molar-refractivity contribution >= 4 is 33.5 Å². The summed E-state index contributed by atoms with van der Waals surface area (Å²) < 4.78 is 24.9. The van der Waals surface area contributed by atoms with Crippen molar-refractivity contribution in [1.29, 1.82) is 0 Å². The number of carbonyl (C=O) groups is 2. The third-order valence-electron chi connectivity index (χ3n) is 4.80. The lowest BCUT2D eigenvalue weighted by Crippen LogP contribution is -2.40. The Morgan fingerprint density at radius 1 is 1.20 bits per heavy atom. The molecule has 2 atom stereocenters. The van der Waals surface area contributed by atoms with Crippen LogP contribution in [0.15, 0.2) is 24.3 Å². The Labute approximate surface area is 151 Å². The first-order chi connectivity index (χ1) is 11.8. The van der Waals surface area contributed by atoms with E-state index >= 15 is 0 Å². The maximum atomic E-state index is 12.5. The Morgan fingerprint density at radius 2 is 1.88 bits per heavy atom. The van der Waals surface area contributed by atoms with Gasteiger partial charge in [0.1, 0.15) is 0 Å². The zero-order valence-corrected chi connectivity index (χ0v) is 15.0. The van der Waals surface area contributed by atoms with Gasteiger partial charge in [-0.15, -0.1) is 0 Å². The van der Waals surface area contributed by atoms with Crippen LogP contribution in [0.5, 0.6) is 0 Å². The molecule has 2 fully saturated rings. The number of halogens is 1. The molecule has 0 spiro atoms. The number of carboxylic acid groups (broad SMARTS) is 1. The third-order valence-corrected chi connectivity index (χ3v) is 6.96. The summed E-state index contributed by atoms with van der Waals surface area (Å²) >= 11 is 5.88. The van der Waals surface area contributed by atoms with E-state index in [9.17, 15) is 23.1 Å². The summed E-state index contributed by atoms with van der Waals surface area (Å²) in [5, 5.41) is 10.1. The number of amides is 1. The minimum absolute atomic E-state index is 0.0609. The fraction of sp³-hybridized carbons (Fsp3) is 0.500. The molecule has 2 saturated heterocycles. The molecule has 2 aliphatic rings. The zero-order valence-electron chi connectivity index (χ0n) is 13.5. The summed E-state index contributed by atoms with van der Waals surface area (Å²) in [6.45, 7) is 0.452. The number of carbonyl (C=O) groups excluding carboxylic acids is 1. The maximum absolute atomic E-state index is 12.5. The standard InChI is InChI=1S/C16H19ClN2O5S/c17-12-4-2-11(3-5-12)13-8-18(9-14(13)16(21)22)15(20)10-19-6-1-7-25(19,23)24/h2-5,13-14H,1,6-10H2,(H,21,22)/t13-,14+/m0/s1. The summed E-state index contributed by atoms with van der Waals surface area (Å²) in [6, 6.07) is 6.91. The van der Waals surface area contributed by atoms with Crippen LogP contribution >= 0.6 is 11.6 Å². The average Bonchev–Trinajstić information content (AvgIpc) is 3.12. The van der Waals surface area contributed by atoms with Crippen LogP contribution in [-0.4, -0.2) is 66.5 Å². The number of rotatable bonds is 4. The van der Waals surface area contributed by atoms with Crippen LogP contribution in [0, 0.1) is 5.92 Å². The summed E-state index contributed by atoms with van der Waals surface area (Å²) in [7, 11) is -3.36. The molecular formula is C16H19ClN2O5S.